The average molecular weight is 355 g/mol. The molecule has 1 fully saturated rings. The lowest BCUT2D eigenvalue weighted by atomic mass is 9.95. The summed E-state index contributed by atoms with van der Waals surface area (Å²) >= 11 is 3.65. The number of nitrogens with two attached hydrogens (primary N) is 1. The van der Waals surface area contributed by atoms with Crippen LogP contribution in [0.25, 0.3) is 0 Å². The lowest BCUT2D eigenvalue weighted by Crippen LogP contribution is -2.21. The Morgan fingerprint density at radius 3 is 2.71 bits per heavy atom. The molecule has 1 saturated heterocycles. The Balaban J connectivity index is 2.00. The van der Waals surface area contributed by atoms with E-state index in [0.717, 1.165) is 48.5 Å². The van der Waals surface area contributed by atoms with Crippen molar-refractivity contribution < 1.29 is 9.47 Å². The third-order valence-electron chi connectivity index (χ3n) is 4.59. The van der Waals surface area contributed by atoms with Gasteiger partial charge in [0.15, 0.2) is 11.5 Å². The Labute approximate surface area is 134 Å². The molecule has 1 aromatic carbocycles. The molecule has 2 atom stereocenters. The Bertz CT molecular complexity index is 535. The largest absolute Gasteiger partial charge is 0.489 e. The predicted octanol–water partition coefficient (Wildman–Crippen LogP) is 2.87. The second-order valence-electron chi connectivity index (χ2n) is 6.07. The Morgan fingerprint density at radius 2 is 2.05 bits per heavy atom. The van der Waals surface area contributed by atoms with Crippen LogP contribution in [0.1, 0.15) is 30.0 Å². The number of hydrogen-bond donors (Lipinski definition) is 1. The molecule has 2 heterocycles. The fourth-order valence-electron chi connectivity index (χ4n) is 3.42. The van der Waals surface area contributed by atoms with Gasteiger partial charge in [-0.15, -0.1) is 0 Å². The van der Waals surface area contributed by atoms with Crippen LogP contribution in [0.3, 0.4) is 0 Å². The Morgan fingerprint density at radius 1 is 1.33 bits per heavy atom. The number of likely N-dealkylation sites (tertiary alicyclic amines) is 1. The summed E-state index contributed by atoms with van der Waals surface area (Å²) < 4.78 is 12.8. The van der Waals surface area contributed by atoms with Gasteiger partial charge in [0.1, 0.15) is 0 Å². The molecule has 0 aliphatic carbocycles. The van der Waals surface area contributed by atoms with Crippen molar-refractivity contribution in [3.8, 4) is 11.5 Å². The normalized spacial score (nSPS) is 25.9. The van der Waals surface area contributed by atoms with Crippen LogP contribution in [0.2, 0.25) is 0 Å². The van der Waals surface area contributed by atoms with E-state index in [1.807, 2.05) is 0 Å². The van der Waals surface area contributed by atoms with E-state index in [-0.39, 0.29) is 0 Å². The maximum atomic E-state index is 5.95. The average Bonchev–Trinajstić information content (AvgIpc) is 2.69. The second-order valence-corrected chi connectivity index (χ2v) is 6.93. The van der Waals surface area contributed by atoms with E-state index in [0.29, 0.717) is 18.6 Å². The molecule has 0 spiro atoms. The minimum absolute atomic E-state index is 0.409. The maximum absolute atomic E-state index is 5.95. The quantitative estimate of drug-likeness (QED) is 0.886. The fraction of sp³-hybridized carbons (Fsp3) is 0.625. The smallest absolute Gasteiger partial charge is 0.175 e. The summed E-state index contributed by atoms with van der Waals surface area (Å²) in [4.78, 5) is 2.40. The van der Waals surface area contributed by atoms with E-state index in [1.165, 1.54) is 11.1 Å². The van der Waals surface area contributed by atoms with Crippen LogP contribution in [-0.2, 0) is 0 Å². The van der Waals surface area contributed by atoms with E-state index in [2.05, 4.69) is 40.9 Å². The lowest BCUT2D eigenvalue weighted by Gasteiger charge is -2.24. The summed E-state index contributed by atoms with van der Waals surface area (Å²) in [6.45, 7) is 5.38. The van der Waals surface area contributed by atoms with Gasteiger partial charge in [0.05, 0.1) is 17.7 Å². The number of benzene rings is 1. The van der Waals surface area contributed by atoms with Crippen molar-refractivity contribution in [2.75, 3.05) is 33.4 Å². The molecule has 0 radical (unpaired) electrons. The molecule has 0 aromatic heterocycles. The predicted molar refractivity (Wildman–Crippen MR) is 87.0 cm³/mol. The van der Waals surface area contributed by atoms with Gasteiger partial charge in [0.25, 0.3) is 0 Å². The first-order chi connectivity index (χ1) is 10.1. The van der Waals surface area contributed by atoms with Crippen LogP contribution in [0.4, 0.5) is 0 Å². The third-order valence-corrected chi connectivity index (χ3v) is 5.18. The molecule has 0 bridgehead atoms. The van der Waals surface area contributed by atoms with Gasteiger partial charge in [0.2, 0.25) is 0 Å². The van der Waals surface area contributed by atoms with Crippen molar-refractivity contribution in [3.63, 3.8) is 0 Å². The van der Waals surface area contributed by atoms with Crippen molar-refractivity contribution in [1.29, 1.82) is 0 Å². The zero-order valence-electron chi connectivity index (χ0n) is 12.7. The van der Waals surface area contributed by atoms with E-state index in [1.54, 1.807) is 0 Å². The van der Waals surface area contributed by atoms with Crippen LogP contribution in [-0.4, -0.2) is 38.3 Å². The number of nitrogens with zero attached hydrogens (tertiary/aromatic N) is 1. The van der Waals surface area contributed by atoms with Gasteiger partial charge >= 0.3 is 0 Å². The van der Waals surface area contributed by atoms with Crippen molar-refractivity contribution in [2.45, 2.75) is 25.8 Å². The summed E-state index contributed by atoms with van der Waals surface area (Å²) in [6.07, 6.45) is 2.04. The SMILES string of the molecule is Cc1c(C2CC(CN)CN2C)cc(Br)c2c1OCCCO2. The minimum atomic E-state index is 0.409. The van der Waals surface area contributed by atoms with Crippen molar-refractivity contribution >= 4 is 15.9 Å². The molecule has 1 aromatic rings. The molecular weight excluding hydrogens is 332 g/mol. The molecule has 116 valence electrons. The number of fused-ring (bicyclic) bond motifs is 1. The van der Waals surface area contributed by atoms with E-state index >= 15 is 0 Å². The van der Waals surface area contributed by atoms with Gasteiger partial charge in [-0.25, -0.2) is 0 Å². The number of halogens is 1. The fourth-order valence-corrected chi connectivity index (χ4v) is 3.96. The zero-order valence-corrected chi connectivity index (χ0v) is 14.3. The lowest BCUT2D eigenvalue weighted by molar-refractivity contribution is 0.295. The van der Waals surface area contributed by atoms with Crippen LogP contribution in [0.5, 0.6) is 11.5 Å². The molecule has 21 heavy (non-hydrogen) atoms. The molecular formula is C16H23BrN2O2. The summed E-state index contributed by atoms with van der Waals surface area (Å²) in [5, 5.41) is 0. The van der Waals surface area contributed by atoms with Crippen LogP contribution >= 0.6 is 15.9 Å². The van der Waals surface area contributed by atoms with Gasteiger partial charge < -0.3 is 15.2 Å². The molecule has 3 rings (SSSR count). The Hall–Kier alpha value is -0.780. The maximum Gasteiger partial charge on any atom is 0.175 e. The Kier molecular flexibility index (Phi) is 4.43. The van der Waals surface area contributed by atoms with Gasteiger partial charge in [-0.05, 0) is 66.0 Å². The highest BCUT2D eigenvalue weighted by Crippen LogP contribution is 2.46. The highest BCUT2D eigenvalue weighted by Gasteiger charge is 2.32. The molecule has 5 heteroatoms. The van der Waals surface area contributed by atoms with E-state index < -0.39 is 0 Å². The van der Waals surface area contributed by atoms with Crippen LogP contribution in [0.15, 0.2) is 10.5 Å². The number of hydrogen-bond acceptors (Lipinski definition) is 4. The van der Waals surface area contributed by atoms with Gasteiger partial charge in [0, 0.05) is 19.0 Å². The van der Waals surface area contributed by atoms with Crippen molar-refractivity contribution in [3.05, 3.63) is 21.7 Å². The molecule has 2 aliphatic rings. The molecule has 0 saturated carbocycles. The van der Waals surface area contributed by atoms with Gasteiger partial charge in [-0.3, -0.25) is 4.90 Å². The van der Waals surface area contributed by atoms with Crippen LogP contribution < -0.4 is 15.2 Å². The highest BCUT2D eigenvalue weighted by molar-refractivity contribution is 9.10. The minimum Gasteiger partial charge on any atom is -0.489 e. The topological polar surface area (TPSA) is 47.7 Å². The third kappa shape index (κ3) is 2.79. The van der Waals surface area contributed by atoms with Gasteiger partial charge in [-0.2, -0.15) is 0 Å². The van der Waals surface area contributed by atoms with Gasteiger partial charge in [-0.1, -0.05) is 0 Å². The first-order valence-electron chi connectivity index (χ1n) is 7.60. The summed E-state index contributed by atoms with van der Waals surface area (Å²) in [6, 6.07) is 2.61. The first-order valence-corrected chi connectivity index (χ1v) is 8.40. The second kappa shape index (κ2) is 6.15. The van der Waals surface area contributed by atoms with Crippen molar-refractivity contribution in [1.82, 2.24) is 4.90 Å². The highest BCUT2D eigenvalue weighted by atomic mass is 79.9. The summed E-state index contributed by atoms with van der Waals surface area (Å²) in [5.74, 6) is 2.33. The number of ether oxygens (including phenoxy) is 2. The summed E-state index contributed by atoms with van der Waals surface area (Å²) in [5.41, 5.74) is 8.38. The molecule has 0 amide bonds. The molecule has 4 nitrogen and oxygen atoms in total. The molecule has 2 N–H and O–H groups in total. The van der Waals surface area contributed by atoms with E-state index in [9.17, 15) is 0 Å². The van der Waals surface area contributed by atoms with Crippen LogP contribution in [0, 0.1) is 12.8 Å². The standard InChI is InChI=1S/C16H23BrN2O2/c1-10-12(14-6-11(8-18)9-19(14)2)7-13(17)16-15(10)20-4-3-5-21-16/h7,11,14H,3-6,8-9,18H2,1-2H3. The van der Waals surface area contributed by atoms with E-state index in [4.69, 9.17) is 15.2 Å². The van der Waals surface area contributed by atoms with Crippen molar-refractivity contribution in [2.24, 2.45) is 11.7 Å². The molecule has 2 aliphatic heterocycles. The first kappa shape index (κ1) is 15.1. The summed E-state index contributed by atoms with van der Waals surface area (Å²) in [7, 11) is 2.18. The number of rotatable bonds is 2. The zero-order chi connectivity index (χ0) is 15.0. The monoisotopic (exact) mass is 354 g/mol. The molecule has 2 unspecified atom stereocenters.